The molecule has 2 aromatic rings. The standard InChI is InChI=1S/C32H39F7O2/c1-2-3-23-12-16-28(29(33)18-23)32(38,39)41-25-13-10-22(11-14-25)5-4-21-6-8-24(9-7-21)20-40-26-15-17-27(30(34)19-26)31(35,36)37/h12,15-19,21-22,24-25H,2-11,13-14,20H2,1H3. The molecule has 0 heterocycles. The van der Waals surface area contributed by atoms with Gasteiger partial charge in [0.25, 0.3) is 0 Å². The Labute approximate surface area is 237 Å². The van der Waals surface area contributed by atoms with Gasteiger partial charge >= 0.3 is 12.3 Å². The van der Waals surface area contributed by atoms with Crippen molar-refractivity contribution in [1.29, 1.82) is 0 Å². The Morgan fingerprint density at radius 1 is 0.707 bits per heavy atom. The molecule has 0 saturated heterocycles. The molecule has 0 atom stereocenters. The number of hydrogen-bond donors (Lipinski definition) is 0. The zero-order valence-corrected chi connectivity index (χ0v) is 23.4. The van der Waals surface area contributed by atoms with Crippen molar-refractivity contribution < 1.29 is 40.2 Å². The van der Waals surface area contributed by atoms with Crippen molar-refractivity contribution in [2.24, 2.45) is 17.8 Å². The zero-order valence-electron chi connectivity index (χ0n) is 23.4. The predicted molar refractivity (Wildman–Crippen MR) is 143 cm³/mol. The summed E-state index contributed by atoms with van der Waals surface area (Å²) in [7, 11) is 0. The van der Waals surface area contributed by atoms with E-state index in [2.05, 4.69) is 0 Å². The Morgan fingerprint density at radius 3 is 1.83 bits per heavy atom. The smallest absolute Gasteiger partial charge is 0.419 e. The van der Waals surface area contributed by atoms with Gasteiger partial charge < -0.3 is 9.47 Å². The van der Waals surface area contributed by atoms with Crippen LogP contribution in [0.3, 0.4) is 0 Å². The molecule has 2 aliphatic carbocycles. The van der Waals surface area contributed by atoms with Crippen molar-refractivity contribution in [3.05, 3.63) is 64.7 Å². The highest BCUT2D eigenvalue weighted by atomic mass is 19.4. The summed E-state index contributed by atoms with van der Waals surface area (Å²) in [5.74, 6) is -0.845. The summed E-state index contributed by atoms with van der Waals surface area (Å²) in [6, 6.07) is 6.50. The SMILES string of the molecule is CCCc1ccc(C(F)(F)OC2CCC(CCC3CCC(COc4ccc(C(F)(F)F)c(F)c4)CC3)CC2)c(F)c1. The van der Waals surface area contributed by atoms with Gasteiger partial charge in [-0.15, -0.1) is 0 Å². The minimum atomic E-state index is -4.73. The van der Waals surface area contributed by atoms with Crippen LogP contribution in [0.5, 0.6) is 5.75 Å². The van der Waals surface area contributed by atoms with E-state index in [4.69, 9.17) is 9.47 Å². The molecule has 0 bridgehead atoms. The Balaban J connectivity index is 1.13. The molecule has 41 heavy (non-hydrogen) atoms. The largest absolute Gasteiger partial charge is 0.493 e. The molecule has 0 spiro atoms. The first-order valence-corrected chi connectivity index (χ1v) is 14.8. The number of halogens is 7. The monoisotopic (exact) mass is 588 g/mol. The summed E-state index contributed by atoms with van der Waals surface area (Å²) in [4.78, 5) is 0. The third kappa shape index (κ3) is 8.85. The summed E-state index contributed by atoms with van der Waals surface area (Å²) in [6.07, 6.45) is 1.20. The van der Waals surface area contributed by atoms with Crippen LogP contribution < -0.4 is 4.74 Å². The van der Waals surface area contributed by atoms with Gasteiger partial charge in [0.1, 0.15) is 17.4 Å². The number of alkyl halides is 5. The van der Waals surface area contributed by atoms with E-state index >= 15 is 0 Å². The van der Waals surface area contributed by atoms with E-state index in [9.17, 15) is 30.7 Å². The van der Waals surface area contributed by atoms with Crippen LogP contribution >= 0.6 is 0 Å². The van der Waals surface area contributed by atoms with Crippen LogP contribution in [0.4, 0.5) is 30.7 Å². The fourth-order valence-corrected chi connectivity index (χ4v) is 6.24. The maximum absolute atomic E-state index is 14.7. The van der Waals surface area contributed by atoms with Gasteiger partial charge in [-0.05, 0) is 92.5 Å². The average molecular weight is 589 g/mol. The van der Waals surface area contributed by atoms with Crippen molar-refractivity contribution in [1.82, 2.24) is 0 Å². The first kappa shape index (κ1) is 31.6. The van der Waals surface area contributed by atoms with Crippen LogP contribution in [0.25, 0.3) is 0 Å². The van der Waals surface area contributed by atoms with Crippen molar-refractivity contribution in [2.75, 3.05) is 6.61 Å². The maximum Gasteiger partial charge on any atom is 0.419 e. The number of hydrogen-bond acceptors (Lipinski definition) is 2. The highest BCUT2D eigenvalue weighted by Gasteiger charge is 2.40. The second-order valence-corrected chi connectivity index (χ2v) is 11.8. The van der Waals surface area contributed by atoms with E-state index in [1.807, 2.05) is 6.92 Å². The van der Waals surface area contributed by atoms with Gasteiger partial charge in [-0.1, -0.05) is 45.1 Å². The summed E-state index contributed by atoms with van der Waals surface area (Å²) < 4.78 is 106. The van der Waals surface area contributed by atoms with Gasteiger partial charge in [0.15, 0.2) is 0 Å². The van der Waals surface area contributed by atoms with Crippen molar-refractivity contribution in [3.8, 4) is 5.75 Å². The Hall–Kier alpha value is -2.29. The zero-order chi connectivity index (χ0) is 29.6. The first-order chi connectivity index (χ1) is 19.4. The van der Waals surface area contributed by atoms with E-state index in [0.29, 0.717) is 49.3 Å². The van der Waals surface area contributed by atoms with Crippen molar-refractivity contribution in [3.63, 3.8) is 0 Å². The third-order valence-electron chi connectivity index (χ3n) is 8.68. The molecule has 9 heteroatoms. The van der Waals surface area contributed by atoms with Gasteiger partial charge in [0.2, 0.25) is 0 Å². The highest BCUT2D eigenvalue weighted by molar-refractivity contribution is 5.30. The molecule has 2 fully saturated rings. The molecular weight excluding hydrogens is 549 g/mol. The third-order valence-corrected chi connectivity index (χ3v) is 8.68. The van der Waals surface area contributed by atoms with Gasteiger partial charge in [-0.3, -0.25) is 0 Å². The first-order valence-electron chi connectivity index (χ1n) is 14.8. The van der Waals surface area contributed by atoms with E-state index < -0.39 is 41.2 Å². The molecule has 2 saturated carbocycles. The molecule has 0 aliphatic heterocycles. The summed E-state index contributed by atoms with van der Waals surface area (Å²) in [5, 5.41) is 0. The molecule has 228 valence electrons. The van der Waals surface area contributed by atoms with Crippen LogP contribution in [0.15, 0.2) is 36.4 Å². The molecule has 0 N–H and O–H groups in total. The molecule has 0 unspecified atom stereocenters. The minimum absolute atomic E-state index is 0.102. The van der Waals surface area contributed by atoms with Gasteiger partial charge in [-0.25, -0.2) is 8.78 Å². The van der Waals surface area contributed by atoms with Crippen LogP contribution in [0.2, 0.25) is 0 Å². The van der Waals surface area contributed by atoms with Gasteiger partial charge in [0, 0.05) is 6.07 Å². The fourth-order valence-electron chi connectivity index (χ4n) is 6.24. The summed E-state index contributed by atoms with van der Waals surface area (Å²) in [6.45, 7) is 2.29. The van der Waals surface area contributed by atoms with Gasteiger partial charge in [0.05, 0.1) is 23.8 Å². The second-order valence-electron chi connectivity index (χ2n) is 11.8. The molecule has 4 rings (SSSR count). The topological polar surface area (TPSA) is 18.5 Å². The molecular formula is C32H39F7O2. The van der Waals surface area contributed by atoms with Crippen molar-refractivity contribution in [2.45, 2.75) is 102 Å². The van der Waals surface area contributed by atoms with E-state index in [0.717, 1.165) is 76.0 Å². The molecule has 0 radical (unpaired) electrons. The molecule has 0 aromatic heterocycles. The summed E-state index contributed by atoms with van der Waals surface area (Å²) >= 11 is 0. The van der Waals surface area contributed by atoms with E-state index in [1.54, 1.807) is 0 Å². The number of aryl methyl sites for hydroxylation is 1. The minimum Gasteiger partial charge on any atom is -0.493 e. The lowest BCUT2D eigenvalue weighted by Gasteiger charge is -2.33. The number of benzene rings is 2. The second kappa shape index (κ2) is 13.8. The number of ether oxygens (including phenoxy) is 2. The normalized spacial score (nSPS) is 23.9. The Bertz CT molecular complexity index is 1120. The maximum atomic E-state index is 14.7. The van der Waals surface area contributed by atoms with Crippen molar-refractivity contribution >= 4 is 0 Å². The quantitative estimate of drug-likeness (QED) is 0.243. The molecule has 2 aromatic carbocycles. The Morgan fingerprint density at radius 2 is 1.27 bits per heavy atom. The lowest BCUT2D eigenvalue weighted by Crippen LogP contribution is -2.30. The molecule has 0 amide bonds. The van der Waals surface area contributed by atoms with Gasteiger partial charge in [-0.2, -0.15) is 22.0 Å². The Kier molecular flexibility index (Phi) is 10.6. The predicted octanol–water partition coefficient (Wildman–Crippen LogP) is 10.2. The number of rotatable bonds is 11. The van der Waals surface area contributed by atoms with Crippen LogP contribution in [0, 0.1) is 29.4 Å². The van der Waals surface area contributed by atoms with E-state index in [-0.39, 0.29) is 11.7 Å². The average Bonchev–Trinajstić information content (AvgIpc) is 2.91. The molecule has 2 nitrogen and oxygen atoms in total. The summed E-state index contributed by atoms with van der Waals surface area (Å²) in [5.41, 5.74) is -1.30. The van der Waals surface area contributed by atoms with E-state index in [1.165, 1.54) is 12.1 Å². The fraction of sp³-hybridized carbons (Fsp3) is 0.625. The highest BCUT2D eigenvalue weighted by Crippen LogP contribution is 2.40. The molecule has 2 aliphatic rings. The van der Waals surface area contributed by atoms with Crippen LogP contribution in [-0.4, -0.2) is 12.7 Å². The van der Waals surface area contributed by atoms with Crippen LogP contribution in [-0.2, 0) is 23.4 Å². The lowest BCUT2D eigenvalue weighted by atomic mass is 9.77. The van der Waals surface area contributed by atoms with Crippen LogP contribution in [0.1, 0.15) is 94.2 Å². The lowest BCUT2D eigenvalue weighted by molar-refractivity contribution is -0.279.